The molecular weight excluding hydrogens is 214 g/mol. The number of likely N-dealkylation sites (tertiary alicyclic amines) is 1. The molecule has 0 aromatic rings. The Morgan fingerprint density at radius 1 is 0.941 bits per heavy atom. The summed E-state index contributed by atoms with van der Waals surface area (Å²) in [4.78, 5) is 5.24. The Morgan fingerprint density at radius 2 is 1.59 bits per heavy atom. The maximum absolute atomic E-state index is 5.39. The van der Waals surface area contributed by atoms with Gasteiger partial charge in [-0.1, -0.05) is 0 Å². The Balaban J connectivity index is 1.42. The summed E-state index contributed by atoms with van der Waals surface area (Å²) in [5, 5.41) is 3.56. The average molecular weight is 239 g/mol. The van der Waals surface area contributed by atoms with Gasteiger partial charge in [-0.15, -0.1) is 0 Å². The van der Waals surface area contributed by atoms with Crippen molar-refractivity contribution < 1.29 is 4.74 Å². The first-order valence-corrected chi connectivity index (χ1v) is 7.13. The average Bonchev–Trinajstić information content (AvgIpc) is 2.37. The van der Waals surface area contributed by atoms with E-state index in [0.717, 1.165) is 38.1 Å². The topological polar surface area (TPSA) is 27.7 Å². The molecule has 2 unspecified atom stereocenters. The minimum Gasteiger partial charge on any atom is -0.379 e. The summed E-state index contributed by atoms with van der Waals surface area (Å²) in [6.07, 6.45) is 1.46. The number of nitrogens with one attached hydrogen (secondary N) is 1. The first-order chi connectivity index (χ1) is 8.40. The highest BCUT2D eigenvalue weighted by Gasteiger charge is 2.30. The molecule has 17 heavy (non-hydrogen) atoms. The number of morpholine rings is 1. The molecule has 3 fully saturated rings. The smallest absolute Gasteiger partial charge is 0.0594 e. The van der Waals surface area contributed by atoms with Gasteiger partial charge in [0, 0.05) is 39.3 Å². The van der Waals surface area contributed by atoms with Crippen LogP contribution in [0.5, 0.6) is 0 Å². The second-order valence-electron chi connectivity index (χ2n) is 5.84. The number of fused-ring (bicyclic) bond motifs is 2. The highest BCUT2D eigenvalue weighted by atomic mass is 16.5. The van der Waals surface area contributed by atoms with Crippen LogP contribution in [0.4, 0.5) is 0 Å². The predicted molar refractivity (Wildman–Crippen MR) is 68.2 cm³/mol. The summed E-state index contributed by atoms with van der Waals surface area (Å²) in [7, 11) is 0. The zero-order valence-electron chi connectivity index (χ0n) is 10.7. The van der Waals surface area contributed by atoms with Crippen LogP contribution in [-0.2, 0) is 4.74 Å². The summed E-state index contributed by atoms with van der Waals surface area (Å²) in [5.74, 6) is 1.82. The zero-order valence-corrected chi connectivity index (χ0v) is 10.7. The fourth-order valence-corrected chi connectivity index (χ4v) is 3.50. The Morgan fingerprint density at radius 3 is 2.29 bits per heavy atom. The van der Waals surface area contributed by atoms with E-state index in [1.165, 1.54) is 45.7 Å². The van der Waals surface area contributed by atoms with Crippen LogP contribution in [0.2, 0.25) is 0 Å². The number of piperidine rings is 2. The van der Waals surface area contributed by atoms with Crippen molar-refractivity contribution in [2.24, 2.45) is 11.8 Å². The van der Waals surface area contributed by atoms with Crippen molar-refractivity contribution in [2.75, 3.05) is 65.6 Å². The van der Waals surface area contributed by atoms with Gasteiger partial charge in [-0.25, -0.2) is 0 Å². The van der Waals surface area contributed by atoms with Crippen LogP contribution in [0, 0.1) is 11.8 Å². The molecule has 4 nitrogen and oxygen atoms in total. The normalized spacial score (nSPS) is 36.0. The molecule has 2 bridgehead atoms. The lowest BCUT2D eigenvalue weighted by molar-refractivity contribution is 0.0258. The number of hydrogen-bond acceptors (Lipinski definition) is 4. The van der Waals surface area contributed by atoms with Crippen LogP contribution in [0.3, 0.4) is 0 Å². The van der Waals surface area contributed by atoms with Gasteiger partial charge in [0.2, 0.25) is 0 Å². The lowest BCUT2D eigenvalue weighted by atomic mass is 9.86. The molecule has 0 aliphatic carbocycles. The zero-order chi connectivity index (χ0) is 11.5. The summed E-state index contributed by atoms with van der Waals surface area (Å²) in [6, 6.07) is 0. The van der Waals surface area contributed by atoms with E-state index in [-0.39, 0.29) is 0 Å². The fraction of sp³-hybridized carbons (Fsp3) is 1.00. The van der Waals surface area contributed by atoms with Gasteiger partial charge >= 0.3 is 0 Å². The standard InChI is InChI=1S/C13H25N3O/c1(15-3-5-17-6-4-15)2-16-10-12-7-13(11-16)9-14-8-12/h12-14H,1-11H2. The molecule has 3 aliphatic heterocycles. The van der Waals surface area contributed by atoms with Crippen LogP contribution < -0.4 is 5.32 Å². The van der Waals surface area contributed by atoms with Gasteiger partial charge in [0.1, 0.15) is 0 Å². The summed E-state index contributed by atoms with van der Waals surface area (Å²) < 4.78 is 5.39. The maximum Gasteiger partial charge on any atom is 0.0594 e. The fourth-order valence-electron chi connectivity index (χ4n) is 3.50. The highest BCUT2D eigenvalue weighted by molar-refractivity contribution is 4.86. The first kappa shape index (κ1) is 11.9. The van der Waals surface area contributed by atoms with Crippen LogP contribution in [0.15, 0.2) is 0 Å². The third-order valence-electron chi connectivity index (χ3n) is 4.40. The molecule has 2 atom stereocenters. The minimum absolute atomic E-state index is 0.909. The largest absolute Gasteiger partial charge is 0.379 e. The number of nitrogens with zero attached hydrogens (tertiary/aromatic N) is 2. The summed E-state index contributed by atoms with van der Waals surface area (Å²) in [6.45, 7) is 11.7. The van der Waals surface area contributed by atoms with Gasteiger partial charge in [0.25, 0.3) is 0 Å². The van der Waals surface area contributed by atoms with Gasteiger partial charge in [-0.2, -0.15) is 0 Å². The van der Waals surface area contributed by atoms with Gasteiger partial charge in [-0.05, 0) is 31.3 Å². The molecule has 98 valence electrons. The third kappa shape index (κ3) is 3.19. The van der Waals surface area contributed by atoms with E-state index in [2.05, 4.69) is 15.1 Å². The first-order valence-electron chi connectivity index (χ1n) is 7.13. The highest BCUT2D eigenvalue weighted by Crippen LogP contribution is 2.24. The molecule has 0 amide bonds. The monoisotopic (exact) mass is 239 g/mol. The van der Waals surface area contributed by atoms with Crippen molar-refractivity contribution >= 4 is 0 Å². The van der Waals surface area contributed by atoms with Crippen molar-refractivity contribution in [3.63, 3.8) is 0 Å². The van der Waals surface area contributed by atoms with E-state index in [0.29, 0.717) is 0 Å². The molecule has 4 heteroatoms. The van der Waals surface area contributed by atoms with E-state index in [1.807, 2.05) is 0 Å². The van der Waals surface area contributed by atoms with E-state index in [9.17, 15) is 0 Å². The van der Waals surface area contributed by atoms with Gasteiger partial charge in [0.05, 0.1) is 13.2 Å². The Kier molecular flexibility index (Phi) is 3.96. The van der Waals surface area contributed by atoms with Crippen LogP contribution in [-0.4, -0.2) is 75.4 Å². The predicted octanol–water partition coefficient (Wildman–Crippen LogP) is -0.140. The molecule has 3 heterocycles. The minimum atomic E-state index is 0.909. The van der Waals surface area contributed by atoms with Crippen LogP contribution in [0.1, 0.15) is 6.42 Å². The van der Waals surface area contributed by atoms with Crippen molar-refractivity contribution in [1.82, 2.24) is 15.1 Å². The Labute approximate surface area is 104 Å². The van der Waals surface area contributed by atoms with Gasteiger partial charge in [0.15, 0.2) is 0 Å². The van der Waals surface area contributed by atoms with Crippen molar-refractivity contribution in [3.05, 3.63) is 0 Å². The molecule has 3 aliphatic rings. The molecule has 0 radical (unpaired) electrons. The lowest BCUT2D eigenvalue weighted by Crippen LogP contribution is -2.52. The van der Waals surface area contributed by atoms with Crippen molar-refractivity contribution in [3.8, 4) is 0 Å². The van der Waals surface area contributed by atoms with E-state index in [4.69, 9.17) is 4.74 Å². The Bertz CT molecular complexity index is 231. The second kappa shape index (κ2) is 5.65. The molecule has 0 saturated carbocycles. The maximum atomic E-state index is 5.39. The van der Waals surface area contributed by atoms with Crippen molar-refractivity contribution in [2.45, 2.75) is 6.42 Å². The second-order valence-corrected chi connectivity index (χ2v) is 5.84. The van der Waals surface area contributed by atoms with Crippen LogP contribution in [0.25, 0.3) is 0 Å². The quantitative estimate of drug-likeness (QED) is 0.742. The lowest BCUT2D eigenvalue weighted by Gasteiger charge is -2.42. The summed E-state index contributed by atoms with van der Waals surface area (Å²) in [5.41, 5.74) is 0. The van der Waals surface area contributed by atoms with E-state index >= 15 is 0 Å². The van der Waals surface area contributed by atoms with Gasteiger partial charge < -0.3 is 15.0 Å². The molecule has 1 N–H and O–H groups in total. The number of hydrogen-bond donors (Lipinski definition) is 1. The van der Waals surface area contributed by atoms with Crippen LogP contribution >= 0.6 is 0 Å². The number of rotatable bonds is 3. The van der Waals surface area contributed by atoms with E-state index < -0.39 is 0 Å². The molecule has 0 spiro atoms. The summed E-state index contributed by atoms with van der Waals surface area (Å²) >= 11 is 0. The van der Waals surface area contributed by atoms with Crippen molar-refractivity contribution in [1.29, 1.82) is 0 Å². The molecule has 0 aromatic heterocycles. The molecule has 3 saturated heterocycles. The molecular formula is C13H25N3O. The Hall–Kier alpha value is -0.160. The number of ether oxygens (including phenoxy) is 1. The molecule has 0 aromatic carbocycles. The molecule has 3 rings (SSSR count). The van der Waals surface area contributed by atoms with E-state index in [1.54, 1.807) is 0 Å². The third-order valence-corrected chi connectivity index (χ3v) is 4.40. The SMILES string of the molecule is C1CN(CCN2CC3CNCC(C3)C2)CCO1. The van der Waals surface area contributed by atoms with Gasteiger partial charge in [-0.3, -0.25) is 4.90 Å².